The van der Waals surface area contributed by atoms with Gasteiger partial charge in [-0.15, -0.1) is 0 Å². The molecule has 1 aromatic carbocycles. The number of para-hydroxylation sites is 2. The number of rotatable bonds is 6. The minimum atomic E-state index is 0.565. The number of nitrogens with one attached hydrogen (secondary N) is 3. The minimum absolute atomic E-state index is 0.565. The fourth-order valence-corrected chi connectivity index (χ4v) is 3.42. The van der Waals surface area contributed by atoms with Gasteiger partial charge >= 0.3 is 0 Å². The van der Waals surface area contributed by atoms with Crippen LogP contribution in [0.3, 0.4) is 0 Å². The Kier molecular flexibility index (Phi) is 4.76. The highest BCUT2D eigenvalue weighted by Crippen LogP contribution is 2.20. The van der Waals surface area contributed by atoms with Crippen molar-refractivity contribution < 1.29 is 0 Å². The van der Waals surface area contributed by atoms with E-state index >= 15 is 0 Å². The van der Waals surface area contributed by atoms with E-state index in [9.17, 15) is 0 Å². The normalized spacial score (nSPS) is 25.4. The summed E-state index contributed by atoms with van der Waals surface area (Å²) in [5.41, 5.74) is 8.84. The Morgan fingerprint density at radius 2 is 1.86 bits per heavy atom. The number of fused-ring (bicyclic) bond motifs is 1. The van der Waals surface area contributed by atoms with Gasteiger partial charge in [-0.3, -0.25) is 15.8 Å². The van der Waals surface area contributed by atoms with Crippen molar-refractivity contribution in [3.05, 3.63) is 30.1 Å². The molecule has 3 N–H and O–H groups in total. The highest BCUT2D eigenvalue weighted by Gasteiger charge is 2.28. The summed E-state index contributed by atoms with van der Waals surface area (Å²) in [6, 6.07) is 9.33. The van der Waals surface area contributed by atoms with Gasteiger partial charge in [0.1, 0.15) is 5.82 Å². The van der Waals surface area contributed by atoms with Gasteiger partial charge in [0.25, 0.3) is 0 Å². The van der Waals surface area contributed by atoms with Crippen LogP contribution in [0.15, 0.2) is 24.3 Å². The SMILES string of the molecule is CC1NNC(C)C1CCCN(C)Cc1nc2ccccc2[nH]1. The van der Waals surface area contributed by atoms with Crippen LogP contribution in [0.5, 0.6) is 0 Å². The lowest BCUT2D eigenvalue weighted by atomic mass is 9.91. The van der Waals surface area contributed by atoms with E-state index in [1.54, 1.807) is 0 Å². The molecule has 0 bridgehead atoms. The van der Waals surface area contributed by atoms with Crippen molar-refractivity contribution in [2.24, 2.45) is 5.92 Å². The number of imidazole rings is 1. The highest BCUT2D eigenvalue weighted by atomic mass is 15.4. The number of hydrogen-bond donors (Lipinski definition) is 3. The molecule has 0 spiro atoms. The van der Waals surface area contributed by atoms with E-state index in [2.05, 4.69) is 58.7 Å². The molecule has 22 heavy (non-hydrogen) atoms. The zero-order valence-corrected chi connectivity index (χ0v) is 13.8. The average molecular weight is 301 g/mol. The maximum atomic E-state index is 4.65. The quantitative estimate of drug-likeness (QED) is 0.766. The Morgan fingerprint density at radius 3 is 2.59 bits per heavy atom. The average Bonchev–Trinajstić information content (AvgIpc) is 3.03. The van der Waals surface area contributed by atoms with E-state index < -0.39 is 0 Å². The lowest BCUT2D eigenvalue weighted by Gasteiger charge is -2.20. The summed E-state index contributed by atoms with van der Waals surface area (Å²) in [5, 5.41) is 0. The molecule has 0 amide bonds. The number of nitrogens with zero attached hydrogens (tertiary/aromatic N) is 2. The second-order valence-corrected chi connectivity index (χ2v) is 6.61. The van der Waals surface area contributed by atoms with Gasteiger partial charge in [0.05, 0.1) is 17.6 Å². The molecule has 0 radical (unpaired) electrons. The van der Waals surface area contributed by atoms with Crippen molar-refractivity contribution in [3.63, 3.8) is 0 Å². The fraction of sp³-hybridized carbons (Fsp3) is 0.588. The van der Waals surface area contributed by atoms with Crippen molar-refractivity contribution >= 4 is 11.0 Å². The Hall–Kier alpha value is -1.43. The van der Waals surface area contributed by atoms with Crippen molar-refractivity contribution in [1.29, 1.82) is 0 Å². The van der Waals surface area contributed by atoms with Gasteiger partial charge in [-0.1, -0.05) is 12.1 Å². The zero-order chi connectivity index (χ0) is 15.5. The fourth-order valence-electron chi connectivity index (χ4n) is 3.42. The van der Waals surface area contributed by atoms with Crippen LogP contribution in [-0.4, -0.2) is 40.5 Å². The molecule has 5 nitrogen and oxygen atoms in total. The molecule has 1 aromatic heterocycles. The predicted octanol–water partition coefficient (Wildman–Crippen LogP) is 2.28. The molecule has 0 saturated carbocycles. The smallest absolute Gasteiger partial charge is 0.121 e. The first kappa shape index (κ1) is 15.5. The van der Waals surface area contributed by atoms with Crippen LogP contribution in [0.2, 0.25) is 0 Å². The van der Waals surface area contributed by atoms with Crippen molar-refractivity contribution in [3.8, 4) is 0 Å². The summed E-state index contributed by atoms with van der Waals surface area (Å²) in [6.45, 7) is 6.51. The van der Waals surface area contributed by atoms with Crippen LogP contribution in [0, 0.1) is 5.92 Å². The highest BCUT2D eigenvalue weighted by molar-refractivity contribution is 5.74. The van der Waals surface area contributed by atoms with E-state index in [1.165, 1.54) is 12.8 Å². The molecule has 2 unspecified atom stereocenters. The molecule has 2 aromatic rings. The molecule has 2 atom stereocenters. The largest absolute Gasteiger partial charge is 0.341 e. The maximum Gasteiger partial charge on any atom is 0.121 e. The summed E-state index contributed by atoms with van der Waals surface area (Å²) in [7, 11) is 2.17. The van der Waals surface area contributed by atoms with Gasteiger partial charge in [0, 0.05) is 12.1 Å². The Morgan fingerprint density at radius 1 is 1.14 bits per heavy atom. The monoisotopic (exact) mass is 301 g/mol. The minimum Gasteiger partial charge on any atom is -0.341 e. The summed E-state index contributed by atoms with van der Waals surface area (Å²) >= 11 is 0. The number of hydrogen-bond acceptors (Lipinski definition) is 4. The van der Waals surface area contributed by atoms with Gasteiger partial charge in [0.2, 0.25) is 0 Å². The summed E-state index contributed by atoms with van der Waals surface area (Å²) in [5.74, 6) is 1.77. The third-order valence-corrected chi connectivity index (χ3v) is 4.76. The first-order valence-electron chi connectivity index (χ1n) is 8.26. The number of benzene rings is 1. The van der Waals surface area contributed by atoms with Crippen LogP contribution in [0.1, 0.15) is 32.5 Å². The van der Waals surface area contributed by atoms with Crippen LogP contribution in [0.25, 0.3) is 11.0 Å². The molecule has 3 rings (SSSR count). The second kappa shape index (κ2) is 6.77. The van der Waals surface area contributed by atoms with Crippen LogP contribution in [0.4, 0.5) is 0 Å². The third-order valence-electron chi connectivity index (χ3n) is 4.76. The molecule has 1 fully saturated rings. The van der Waals surface area contributed by atoms with Crippen molar-refractivity contribution in [2.45, 2.75) is 45.3 Å². The lowest BCUT2D eigenvalue weighted by molar-refractivity contribution is 0.291. The molecule has 120 valence electrons. The summed E-state index contributed by atoms with van der Waals surface area (Å²) < 4.78 is 0. The van der Waals surface area contributed by atoms with E-state index in [4.69, 9.17) is 0 Å². The number of H-pyrrole nitrogens is 1. The maximum absolute atomic E-state index is 4.65. The van der Waals surface area contributed by atoms with Crippen LogP contribution < -0.4 is 10.9 Å². The van der Waals surface area contributed by atoms with Gasteiger partial charge < -0.3 is 4.98 Å². The van der Waals surface area contributed by atoms with E-state index in [-0.39, 0.29) is 0 Å². The first-order valence-corrected chi connectivity index (χ1v) is 8.26. The van der Waals surface area contributed by atoms with E-state index in [1.807, 2.05) is 12.1 Å². The molecular formula is C17H27N5. The van der Waals surface area contributed by atoms with Gasteiger partial charge in [0.15, 0.2) is 0 Å². The van der Waals surface area contributed by atoms with E-state index in [0.29, 0.717) is 12.1 Å². The topological polar surface area (TPSA) is 56.0 Å². The Balaban J connectivity index is 1.47. The number of hydrazine groups is 1. The van der Waals surface area contributed by atoms with Crippen LogP contribution >= 0.6 is 0 Å². The summed E-state index contributed by atoms with van der Waals surface area (Å²) in [4.78, 5) is 10.4. The van der Waals surface area contributed by atoms with Crippen LogP contribution in [-0.2, 0) is 6.54 Å². The molecule has 5 heteroatoms. The molecule has 0 aliphatic carbocycles. The molecular weight excluding hydrogens is 274 g/mol. The molecule has 1 aliphatic heterocycles. The predicted molar refractivity (Wildman–Crippen MR) is 90.3 cm³/mol. The first-order chi connectivity index (χ1) is 10.6. The van der Waals surface area contributed by atoms with Gasteiger partial charge in [-0.2, -0.15) is 0 Å². The number of aromatic nitrogens is 2. The Bertz CT molecular complexity index is 565. The van der Waals surface area contributed by atoms with Crippen molar-refractivity contribution in [2.75, 3.05) is 13.6 Å². The molecule has 2 heterocycles. The zero-order valence-electron chi connectivity index (χ0n) is 13.8. The van der Waals surface area contributed by atoms with Gasteiger partial charge in [-0.25, -0.2) is 4.98 Å². The second-order valence-electron chi connectivity index (χ2n) is 6.61. The van der Waals surface area contributed by atoms with Gasteiger partial charge in [-0.05, 0) is 58.3 Å². The van der Waals surface area contributed by atoms with E-state index in [0.717, 1.165) is 35.9 Å². The molecule has 1 saturated heterocycles. The molecule has 1 aliphatic rings. The Labute approximate surface area is 132 Å². The van der Waals surface area contributed by atoms with Crippen molar-refractivity contribution in [1.82, 2.24) is 25.7 Å². The summed E-state index contributed by atoms with van der Waals surface area (Å²) in [6.07, 6.45) is 2.48. The number of aromatic amines is 1. The lowest BCUT2D eigenvalue weighted by Crippen LogP contribution is -2.30. The standard InChI is InChI=1S/C17H27N5/c1-12-14(13(2)21-20-12)7-6-10-22(3)11-17-18-15-8-4-5-9-16(15)19-17/h4-5,8-9,12-14,20-21H,6-7,10-11H2,1-3H3,(H,18,19). The third kappa shape index (κ3) is 3.48.